The van der Waals surface area contributed by atoms with E-state index in [1.54, 1.807) is 64.3 Å². The zero-order valence-corrected chi connectivity index (χ0v) is 65.5. The molecule has 0 spiro atoms. The number of carbonyl (C=O) groups is 8. The molecule has 4 aliphatic carbocycles. The van der Waals surface area contributed by atoms with Crippen molar-refractivity contribution in [2.45, 2.75) is 200 Å². The van der Waals surface area contributed by atoms with Crippen molar-refractivity contribution < 1.29 is 90.7 Å². The quantitative estimate of drug-likeness (QED) is 0.0178. The van der Waals surface area contributed by atoms with Crippen molar-refractivity contribution in [1.82, 2.24) is 45.5 Å². The van der Waals surface area contributed by atoms with Gasteiger partial charge in [-0.3, -0.25) is 43.3 Å². The third-order valence-electron chi connectivity index (χ3n) is 22.6. The maximum Gasteiger partial charge on any atom is 0.409 e. The van der Waals surface area contributed by atoms with Gasteiger partial charge >= 0.3 is 12.1 Å². The highest BCUT2D eigenvalue weighted by atomic mass is 32.2. The third-order valence-corrected chi connectivity index (χ3v) is 24.3. The molecule has 10 N–H and O–H groups in total. The molecule has 33 heteroatoms. The largest absolute Gasteiger partial charge is 0.476 e. The number of aliphatic hydroxyl groups is 3. The number of carbonyl (C=O) groups excluding carboxylic acids is 7. The van der Waals surface area contributed by atoms with E-state index in [1.165, 1.54) is 30.1 Å². The van der Waals surface area contributed by atoms with Crippen LogP contribution in [0.2, 0.25) is 0 Å². The fourth-order valence-electron chi connectivity index (χ4n) is 18.4. The summed E-state index contributed by atoms with van der Waals surface area (Å²) in [5.74, 6) is -5.45. The Labute approximate surface area is 647 Å². The van der Waals surface area contributed by atoms with Gasteiger partial charge in [-0.15, -0.1) is 0 Å². The van der Waals surface area contributed by atoms with Crippen LogP contribution >= 0.6 is 11.3 Å². The normalized spacial score (nSPS) is 26.0. The molecule has 11 atom stereocenters. The number of nitrogens with one attached hydrogen (secondary N) is 5. The van der Waals surface area contributed by atoms with Crippen LogP contribution in [-0.2, 0) is 85.6 Å². The topological polar surface area (TPSA) is 422 Å². The second kappa shape index (κ2) is 32.9. The highest BCUT2D eigenvalue weighted by Gasteiger charge is 2.66. The smallest absolute Gasteiger partial charge is 0.409 e. The number of hydrogen-bond donors (Lipinski definition) is 10. The minimum absolute atomic E-state index is 0.0282. The average Bonchev–Trinajstić information content (AvgIpc) is 0.700. The lowest BCUT2D eigenvalue weighted by Crippen LogP contribution is -2.64. The van der Waals surface area contributed by atoms with Crippen molar-refractivity contribution in [1.29, 1.82) is 0 Å². The van der Waals surface area contributed by atoms with Gasteiger partial charge in [-0.2, -0.15) is 13.5 Å². The van der Waals surface area contributed by atoms with Gasteiger partial charge in [0.15, 0.2) is 10.8 Å². The number of aliphatic hydroxyl groups excluding tert-OH is 3. The molecule has 2 unspecified atom stereocenters. The first-order valence-corrected chi connectivity index (χ1v) is 40.1. The summed E-state index contributed by atoms with van der Waals surface area (Å²) in [6.07, 6.45) is 1.44. The molecule has 7 aliphatic rings. The number of para-hydroxylation sites is 1. The highest BCUT2D eigenvalue weighted by Crippen LogP contribution is 2.72. The van der Waals surface area contributed by atoms with Gasteiger partial charge in [0.25, 0.3) is 16.0 Å². The Morgan fingerprint density at radius 3 is 2.31 bits per heavy atom. The van der Waals surface area contributed by atoms with Crippen LogP contribution in [0.25, 0.3) is 21.3 Å². The van der Waals surface area contributed by atoms with E-state index in [0.29, 0.717) is 64.8 Å². The summed E-state index contributed by atoms with van der Waals surface area (Å²) in [4.78, 5) is 122. The number of pyridine rings is 1. The number of carboxylic acid groups (broad SMARTS) is 1. The lowest BCUT2D eigenvalue weighted by Gasteiger charge is -2.69. The van der Waals surface area contributed by atoms with E-state index >= 15 is 0 Å². The fraction of sp³-hybridized carbons (Fsp3) is 0.551. The molecule has 111 heavy (non-hydrogen) atoms. The van der Waals surface area contributed by atoms with Crippen LogP contribution in [0.4, 0.5) is 21.4 Å². The zero-order valence-electron chi connectivity index (χ0n) is 63.8. The summed E-state index contributed by atoms with van der Waals surface area (Å²) in [6.45, 7) is 14.7. The predicted octanol–water partition coefficient (Wildman–Crippen LogP) is 6.18. The van der Waals surface area contributed by atoms with Crippen LogP contribution in [0.15, 0.2) is 79.0 Å². The number of aryl methyl sites for hydroxylation is 1. The number of nitrogens with zero attached hydrogens (tertiary/aromatic N) is 7. The Hall–Kier alpha value is -9.06. The minimum atomic E-state index is -4.34. The van der Waals surface area contributed by atoms with Crippen molar-refractivity contribution >= 4 is 95.8 Å². The van der Waals surface area contributed by atoms with E-state index in [9.17, 15) is 67.2 Å². The van der Waals surface area contributed by atoms with Gasteiger partial charge < -0.3 is 75.3 Å². The predicted molar refractivity (Wildman–Crippen MR) is 409 cm³/mol. The molecule has 3 aliphatic heterocycles. The number of hydrogen-bond acceptors (Lipinski definition) is 22. The number of amides is 7. The average molecular weight is 1570 g/mol. The van der Waals surface area contributed by atoms with Crippen molar-refractivity contribution in [2.75, 3.05) is 67.8 Å². The van der Waals surface area contributed by atoms with Gasteiger partial charge in [0.1, 0.15) is 48.9 Å². The van der Waals surface area contributed by atoms with Crippen molar-refractivity contribution in [3.05, 3.63) is 118 Å². The molecular formula is C78H100N12O19S2. The Morgan fingerprint density at radius 2 is 1.59 bits per heavy atom. The second-order valence-corrected chi connectivity index (χ2v) is 34.9. The second-order valence-electron chi connectivity index (χ2n) is 32.3. The van der Waals surface area contributed by atoms with Gasteiger partial charge in [0.2, 0.25) is 29.5 Å². The van der Waals surface area contributed by atoms with Crippen molar-refractivity contribution in [3.8, 4) is 11.1 Å². The van der Waals surface area contributed by atoms with Crippen molar-refractivity contribution in [3.63, 3.8) is 0 Å². The maximum atomic E-state index is 14.0. The SMILES string of the molecule is CC(=O)N[C@H]1C[C@@H](COCCS(=O)(=O)O)N(CC(=O)N[C@H](C(=O)N[C@@H](C)C(=O)Nc2ccc(COC(=O)N(C)CCOC34CC5(C)CC(C)(CC(Cn6ncc(-c7ccc(N8CCc9cccc(C(=O)Nc%10nc%11ccccc%11s%10)c9C8)nc7C(=O)O)c6C)(C5)C3)C4)c(CC[C@@H]3O[C@H](C)[C@@H](O)[C@H](O)[C@H]3O)c2)C(C)C)C1=O. The number of ether oxygens (including phenoxy) is 4. The Bertz CT molecular complexity index is 4610. The maximum absolute atomic E-state index is 14.0. The van der Waals surface area contributed by atoms with E-state index in [-0.39, 0.29) is 79.2 Å². The highest BCUT2D eigenvalue weighted by molar-refractivity contribution is 7.85. The van der Waals surface area contributed by atoms with Crippen LogP contribution in [-0.4, -0.2) is 223 Å². The van der Waals surface area contributed by atoms with Gasteiger partial charge in [0, 0.05) is 68.2 Å². The van der Waals surface area contributed by atoms with E-state index < -0.39 is 137 Å². The van der Waals surface area contributed by atoms with Crippen molar-refractivity contribution in [2.24, 2.45) is 22.2 Å². The van der Waals surface area contributed by atoms with E-state index in [4.69, 9.17) is 33.6 Å². The monoisotopic (exact) mass is 1570 g/mol. The van der Waals surface area contributed by atoms with Gasteiger partial charge in [-0.25, -0.2) is 19.6 Å². The minimum Gasteiger partial charge on any atom is -0.476 e. The number of rotatable bonds is 30. The molecule has 6 fully saturated rings. The molecule has 4 bridgehead atoms. The van der Waals surface area contributed by atoms with Gasteiger partial charge in [0.05, 0.1) is 72.4 Å². The number of thiazole rings is 1. The number of aromatic carboxylic acids is 1. The molecule has 598 valence electrons. The fourth-order valence-corrected chi connectivity index (χ4v) is 19.6. The van der Waals surface area contributed by atoms with E-state index in [0.717, 1.165) is 70.5 Å². The first-order chi connectivity index (χ1) is 52.5. The summed E-state index contributed by atoms with van der Waals surface area (Å²) in [6, 6.07) is 17.7. The number of likely N-dealkylation sites (tertiary alicyclic amines) is 1. The molecular weight excluding hydrogens is 1470 g/mol. The summed E-state index contributed by atoms with van der Waals surface area (Å²) in [5.41, 5.74) is 5.56. The number of carboxylic acids is 1. The van der Waals surface area contributed by atoms with Crippen LogP contribution in [0.5, 0.6) is 0 Å². The molecule has 3 aromatic heterocycles. The molecule has 31 nitrogen and oxygen atoms in total. The molecule has 6 aromatic rings. The zero-order chi connectivity index (χ0) is 79.8. The first kappa shape index (κ1) is 81.4. The molecule has 3 aromatic carbocycles. The molecule has 13 rings (SSSR count). The van der Waals surface area contributed by atoms with Crippen LogP contribution in [0, 0.1) is 29.1 Å². The number of likely N-dealkylation sites (N-methyl/N-ethyl adjacent to an activating group) is 1. The molecule has 6 heterocycles. The summed E-state index contributed by atoms with van der Waals surface area (Å²) in [5, 5.41) is 62.0. The molecule has 4 saturated carbocycles. The Morgan fingerprint density at radius 1 is 0.847 bits per heavy atom. The summed E-state index contributed by atoms with van der Waals surface area (Å²) in [7, 11) is -2.72. The number of anilines is 3. The van der Waals surface area contributed by atoms with E-state index in [2.05, 4.69) is 45.4 Å². The van der Waals surface area contributed by atoms with Crippen LogP contribution in [0.1, 0.15) is 149 Å². The van der Waals surface area contributed by atoms with Gasteiger partial charge in [-0.05, 0) is 172 Å². The standard InChI is InChI=1S/C78H100N12O19S2/c1-43(2)63(85-62(92)33-89-52(35-106-27-28-111(103,104)105)30-58(71(89)99)81-47(6)91)70(98)80-44(3)68(96)82-51-19-17-50(49(29-51)18-21-59-66(94)67(95)65(93)46(5)109-59)34-107-74(102)87(9)25-26-108-78-39-75(7)36-76(8,40-78)38-77(37-75,41-78)42-90-45(4)55(31-79-90)53-20-22-61(84-64(53)72(100)101)88-24-23-48-13-12-14-54(56(48)32-88)69(97)86-73-83-57-15-10-11-16-60(57)110-73/h10-17,19-20,22,29,31,43-44,46,52,58-59,63,65-67,93-95H,18,21,23-28,30,32-42H2,1-9H3,(H,80,98)(H,81,91)(H,82,96)(H,85,92)(H,100,101)(H,83,86,97)(H,103,104,105)/t44-,46+,52-,58-,59-,63-,65+,66-,67-,75?,76?,77?,78?/m0/s1. The number of aromatic nitrogens is 4. The first-order valence-electron chi connectivity index (χ1n) is 37.6. The summed E-state index contributed by atoms with van der Waals surface area (Å²) >= 11 is 1.40. The van der Waals surface area contributed by atoms with Crippen LogP contribution in [0.3, 0.4) is 0 Å². The lowest BCUT2D eigenvalue weighted by atomic mass is 9.39. The third kappa shape index (κ3) is 18.7. The number of benzene rings is 3. The molecule has 7 amide bonds. The summed E-state index contributed by atoms with van der Waals surface area (Å²) < 4.78 is 58.9. The molecule has 2 saturated heterocycles. The Balaban J connectivity index is 0.666. The number of fused-ring (bicyclic) bond motifs is 2. The van der Waals surface area contributed by atoms with Gasteiger partial charge in [-0.1, -0.05) is 69.4 Å². The van der Waals surface area contributed by atoms with Crippen LogP contribution < -0.4 is 31.5 Å². The lowest BCUT2D eigenvalue weighted by molar-refractivity contribution is -0.248. The molecule has 0 radical (unpaired) electrons. The Kier molecular flexibility index (Phi) is 24.2. The van der Waals surface area contributed by atoms with E-state index in [1.807, 2.05) is 59.0 Å².